The van der Waals surface area contributed by atoms with E-state index in [4.69, 9.17) is 14.6 Å². The van der Waals surface area contributed by atoms with E-state index >= 15 is 0 Å². The predicted octanol–water partition coefficient (Wildman–Crippen LogP) is 8.58. The van der Waals surface area contributed by atoms with Crippen LogP contribution in [-0.4, -0.2) is 33.4 Å². The van der Waals surface area contributed by atoms with Gasteiger partial charge in [0.1, 0.15) is 22.7 Å². The summed E-state index contributed by atoms with van der Waals surface area (Å²) in [5.41, 5.74) is 1.22. The minimum absolute atomic E-state index is 0.136. The number of phenolic OH excluding ortho intramolecular Hbond substituents is 2. The Morgan fingerprint density at radius 1 is 0.850 bits per heavy atom. The number of benzene rings is 2. The number of carbonyl (C=O) groups is 2. The molecule has 0 radical (unpaired) electrons. The Balaban J connectivity index is 0.000000661. The number of esters is 2. The van der Waals surface area contributed by atoms with E-state index < -0.39 is 16.6 Å². The van der Waals surface area contributed by atoms with Crippen molar-refractivity contribution in [2.45, 2.75) is 99.2 Å². The SMILES string of the molecule is C=C(C)C(=O)OC(C)(C)C.C=Cc1ccc(O)cc1.CCC(C)(CC(C)c1ccc(O)cc1)C(=O)OC(C)(C)C. The average Bonchev–Trinajstić information content (AvgIpc) is 2.83. The van der Waals surface area contributed by atoms with Crippen LogP contribution in [0.2, 0.25) is 0 Å². The van der Waals surface area contributed by atoms with Crippen LogP contribution in [0.15, 0.2) is 67.3 Å². The first-order valence-electron chi connectivity index (χ1n) is 13.6. The lowest BCUT2D eigenvalue weighted by atomic mass is 9.77. The van der Waals surface area contributed by atoms with Crippen molar-refractivity contribution >= 4 is 18.0 Å². The van der Waals surface area contributed by atoms with Crippen LogP contribution in [0, 0.1) is 5.41 Å². The fourth-order valence-corrected chi connectivity index (χ4v) is 3.35. The molecule has 0 heterocycles. The zero-order chi connectivity index (χ0) is 31.3. The van der Waals surface area contributed by atoms with Gasteiger partial charge < -0.3 is 19.7 Å². The van der Waals surface area contributed by atoms with E-state index in [1.54, 1.807) is 37.3 Å². The number of phenols is 2. The highest BCUT2D eigenvalue weighted by atomic mass is 16.6. The zero-order valence-corrected chi connectivity index (χ0v) is 26.1. The average molecular weight is 555 g/mol. The summed E-state index contributed by atoms with van der Waals surface area (Å²) in [6.07, 6.45) is 3.20. The van der Waals surface area contributed by atoms with Crippen molar-refractivity contribution < 1.29 is 29.3 Å². The molecule has 0 bridgehead atoms. The number of carbonyl (C=O) groups excluding carboxylic acids is 2. The monoisotopic (exact) mass is 554 g/mol. The molecular formula is C34H50O6. The van der Waals surface area contributed by atoms with E-state index in [2.05, 4.69) is 20.1 Å². The van der Waals surface area contributed by atoms with Crippen molar-refractivity contribution in [3.8, 4) is 11.5 Å². The maximum Gasteiger partial charge on any atom is 0.333 e. The summed E-state index contributed by atoms with van der Waals surface area (Å²) in [4.78, 5) is 23.3. The minimum Gasteiger partial charge on any atom is -0.508 e. The van der Waals surface area contributed by atoms with Gasteiger partial charge in [0.25, 0.3) is 0 Å². The third kappa shape index (κ3) is 15.2. The number of hydrogen-bond donors (Lipinski definition) is 2. The number of ether oxygens (including phenoxy) is 2. The molecule has 0 saturated carbocycles. The lowest BCUT2D eigenvalue weighted by Gasteiger charge is -2.32. The van der Waals surface area contributed by atoms with Crippen molar-refractivity contribution in [2.75, 3.05) is 0 Å². The van der Waals surface area contributed by atoms with Crippen LogP contribution in [0.3, 0.4) is 0 Å². The molecule has 0 aliphatic carbocycles. The zero-order valence-electron chi connectivity index (χ0n) is 26.1. The molecule has 0 aromatic heterocycles. The van der Waals surface area contributed by atoms with Gasteiger partial charge in [-0.3, -0.25) is 4.79 Å². The number of hydrogen-bond acceptors (Lipinski definition) is 6. The summed E-state index contributed by atoms with van der Waals surface area (Å²) < 4.78 is 10.5. The summed E-state index contributed by atoms with van der Waals surface area (Å²) in [5.74, 6) is 0.315. The van der Waals surface area contributed by atoms with E-state index in [-0.39, 0.29) is 23.6 Å². The Labute approximate surface area is 241 Å². The molecule has 2 aromatic carbocycles. The van der Waals surface area contributed by atoms with Crippen LogP contribution in [0.5, 0.6) is 11.5 Å². The van der Waals surface area contributed by atoms with E-state index in [9.17, 15) is 14.7 Å². The second-order valence-corrected chi connectivity index (χ2v) is 12.2. The van der Waals surface area contributed by atoms with Gasteiger partial charge in [0.2, 0.25) is 0 Å². The first-order chi connectivity index (χ1) is 18.2. The molecule has 0 amide bonds. The quantitative estimate of drug-likeness (QED) is 0.263. The van der Waals surface area contributed by atoms with Gasteiger partial charge in [-0.25, -0.2) is 4.79 Å². The molecule has 2 aromatic rings. The number of aromatic hydroxyl groups is 2. The highest BCUT2D eigenvalue weighted by Gasteiger charge is 2.37. The van der Waals surface area contributed by atoms with Crippen LogP contribution >= 0.6 is 0 Å². The van der Waals surface area contributed by atoms with Gasteiger partial charge in [0.05, 0.1) is 5.41 Å². The van der Waals surface area contributed by atoms with E-state index in [0.29, 0.717) is 11.3 Å². The maximum absolute atomic E-state index is 12.5. The van der Waals surface area contributed by atoms with Gasteiger partial charge in [0.15, 0.2) is 0 Å². The molecule has 2 unspecified atom stereocenters. The first kappa shape index (κ1) is 36.5. The van der Waals surface area contributed by atoms with Gasteiger partial charge in [-0.15, -0.1) is 0 Å². The van der Waals surface area contributed by atoms with E-state index in [1.807, 2.05) is 79.7 Å². The molecule has 0 spiro atoms. The van der Waals surface area contributed by atoms with Crippen molar-refractivity contribution in [3.05, 3.63) is 78.4 Å². The lowest BCUT2D eigenvalue weighted by molar-refractivity contribution is -0.167. The molecule has 0 aliphatic rings. The van der Waals surface area contributed by atoms with Crippen molar-refractivity contribution in [1.82, 2.24) is 0 Å². The highest BCUT2D eigenvalue weighted by molar-refractivity contribution is 5.87. The highest BCUT2D eigenvalue weighted by Crippen LogP contribution is 2.37. The minimum atomic E-state index is -0.495. The van der Waals surface area contributed by atoms with Crippen LogP contribution < -0.4 is 0 Å². The lowest BCUT2D eigenvalue weighted by Crippen LogP contribution is -2.36. The van der Waals surface area contributed by atoms with Crippen LogP contribution in [0.25, 0.3) is 6.08 Å². The summed E-state index contributed by atoms with van der Waals surface area (Å²) in [7, 11) is 0. The molecule has 0 saturated heterocycles. The summed E-state index contributed by atoms with van der Waals surface area (Å²) in [6.45, 7) is 25.9. The van der Waals surface area contributed by atoms with Crippen molar-refractivity contribution in [3.63, 3.8) is 0 Å². The second-order valence-electron chi connectivity index (χ2n) is 12.2. The molecule has 222 valence electrons. The molecule has 0 fully saturated rings. The van der Waals surface area contributed by atoms with Crippen molar-refractivity contribution in [1.29, 1.82) is 0 Å². The Kier molecular flexibility index (Phi) is 14.5. The summed E-state index contributed by atoms with van der Waals surface area (Å²) >= 11 is 0. The van der Waals surface area contributed by atoms with Gasteiger partial charge in [-0.1, -0.05) is 57.3 Å². The van der Waals surface area contributed by atoms with E-state index in [0.717, 1.165) is 24.0 Å². The van der Waals surface area contributed by atoms with Crippen LogP contribution in [-0.2, 0) is 19.1 Å². The van der Waals surface area contributed by atoms with Gasteiger partial charge in [-0.2, -0.15) is 0 Å². The molecular weight excluding hydrogens is 504 g/mol. The summed E-state index contributed by atoms with van der Waals surface area (Å²) in [5, 5.41) is 18.2. The summed E-state index contributed by atoms with van der Waals surface area (Å²) in [6, 6.07) is 14.1. The molecule has 2 atom stereocenters. The number of rotatable bonds is 7. The fraction of sp³-hybridized carbons (Fsp3) is 0.471. The standard InChI is InChI=1S/C18H28O3.C8H14O2.C8H8O/c1-7-18(6,16(20)21-17(3,4)5)12-13(2)14-8-10-15(19)11-9-14;1-6(2)7(9)10-8(3,4)5;1-2-7-3-5-8(9)6-4-7/h8-11,13,19H,7,12H2,1-6H3;1H2,2-5H3;2-6,9H,1H2. The second kappa shape index (κ2) is 15.9. The molecule has 2 N–H and O–H groups in total. The Morgan fingerprint density at radius 2 is 1.27 bits per heavy atom. The van der Waals surface area contributed by atoms with E-state index in [1.165, 1.54) is 0 Å². The van der Waals surface area contributed by atoms with Gasteiger partial charge in [0, 0.05) is 5.57 Å². The molecule has 6 nitrogen and oxygen atoms in total. The van der Waals surface area contributed by atoms with Gasteiger partial charge >= 0.3 is 11.9 Å². The largest absolute Gasteiger partial charge is 0.508 e. The van der Waals surface area contributed by atoms with Crippen molar-refractivity contribution in [2.24, 2.45) is 5.41 Å². The topological polar surface area (TPSA) is 93.1 Å². The molecule has 40 heavy (non-hydrogen) atoms. The maximum atomic E-state index is 12.5. The van der Waals surface area contributed by atoms with Crippen LogP contribution in [0.1, 0.15) is 99.1 Å². The van der Waals surface area contributed by atoms with Gasteiger partial charge in [-0.05, 0) is 110 Å². The normalized spacial score (nSPS) is 13.2. The molecule has 0 aliphatic heterocycles. The smallest absolute Gasteiger partial charge is 0.333 e. The fourth-order valence-electron chi connectivity index (χ4n) is 3.35. The first-order valence-corrected chi connectivity index (χ1v) is 13.6. The molecule has 6 heteroatoms. The third-order valence-corrected chi connectivity index (χ3v) is 5.77. The third-order valence-electron chi connectivity index (χ3n) is 5.77. The Bertz CT molecular complexity index is 1090. The molecule has 2 rings (SSSR count). The Morgan fingerprint density at radius 3 is 1.60 bits per heavy atom. The Hall–Kier alpha value is -3.54. The predicted molar refractivity (Wildman–Crippen MR) is 164 cm³/mol. The van der Waals surface area contributed by atoms with Crippen LogP contribution in [0.4, 0.5) is 0 Å².